The zero-order valence-corrected chi connectivity index (χ0v) is 11.3. The molecule has 0 saturated heterocycles. The number of H-pyrrole nitrogens is 1. The molecule has 2 rings (SSSR count). The van der Waals surface area contributed by atoms with Crippen LogP contribution in [0.5, 0.6) is 0 Å². The molecule has 1 fully saturated rings. The van der Waals surface area contributed by atoms with E-state index in [9.17, 15) is 13.2 Å². The Kier molecular flexibility index (Phi) is 4.18. The fourth-order valence-electron chi connectivity index (χ4n) is 2.75. The van der Waals surface area contributed by atoms with Crippen LogP contribution in [0.25, 0.3) is 0 Å². The molecule has 0 aliphatic heterocycles. The molecule has 2 N–H and O–H groups in total. The maximum Gasteiger partial charge on any atom is 0.391 e. The first-order valence-electron chi connectivity index (χ1n) is 6.68. The van der Waals surface area contributed by atoms with E-state index < -0.39 is 12.1 Å². The Morgan fingerprint density at radius 2 is 2.05 bits per heavy atom. The fraction of sp³-hybridized carbons (Fsp3) is 0.769. The topological polar surface area (TPSA) is 40.7 Å². The Balaban J connectivity index is 1.90. The monoisotopic (exact) mass is 275 g/mol. The van der Waals surface area contributed by atoms with Crippen molar-refractivity contribution in [1.82, 2.24) is 15.5 Å². The molecule has 1 heterocycles. The molecule has 1 aromatic heterocycles. The largest absolute Gasteiger partial charge is 0.391 e. The normalized spacial score (nSPS) is 24.7. The smallest absolute Gasteiger partial charge is 0.310 e. The molecular weight excluding hydrogens is 255 g/mol. The number of aromatic amines is 1. The molecule has 0 unspecified atom stereocenters. The second kappa shape index (κ2) is 5.53. The number of aryl methyl sites for hydroxylation is 2. The summed E-state index contributed by atoms with van der Waals surface area (Å²) in [5.41, 5.74) is 2.95. The Hall–Kier alpha value is -1.04. The number of halogens is 3. The lowest BCUT2D eigenvalue weighted by atomic mass is 9.85. The quantitative estimate of drug-likeness (QED) is 0.889. The van der Waals surface area contributed by atoms with E-state index in [-0.39, 0.29) is 18.9 Å². The highest BCUT2D eigenvalue weighted by molar-refractivity contribution is 5.22. The van der Waals surface area contributed by atoms with Gasteiger partial charge in [0.2, 0.25) is 0 Å². The van der Waals surface area contributed by atoms with Gasteiger partial charge in [-0.05, 0) is 33.1 Å². The number of rotatable bonds is 3. The lowest BCUT2D eigenvalue weighted by Gasteiger charge is -2.31. The van der Waals surface area contributed by atoms with Crippen molar-refractivity contribution in [2.45, 2.75) is 58.3 Å². The number of nitrogens with zero attached hydrogens (tertiary/aromatic N) is 1. The standard InChI is InChI=1S/C13H20F3N3/c1-8-12(9(2)19-18-8)7-17-11-5-3-4-10(6-11)13(14,15)16/h10-11,17H,3-7H2,1-2H3,(H,18,19)/t10-,11-/m1/s1. The summed E-state index contributed by atoms with van der Waals surface area (Å²) in [7, 11) is 0. The van der Waals surface area contributed by atoms with Crippen LogP contribution < -0.4 is 5.32 Å². The zero-order chi connectivity index (χ0) is 14.0. The molecule has 0 amide bonds. The highest BCUT2D eigenvalue weighted by Gasteiger charge is 2.41. The van der Waals surface area contributed by atoms with Gasteiger partial charge in [0.1, 0.15) is 0 Å². The molecule has 1 saturated carbocycles. The van der Waals surface area contributed by atoms with Crippen molar-refractivity contribution in [3.63, 3.8) is 0 Å². The van der Waals surface area contributed by atoms with E-state index >= 15 is 0 Å². The van der Waals surface area contributed by atoms with Crippen molar-refractivity contribution in [2.75, 3.05) is 0 Å². The highest BCUT2D eigenvalue weighted by atomic mass is 19.4. The minimum absolute atomic E-state index is 0.0472. The number of aromatic nitrogens is 2. The van der Waals surface area contributed by atoms with Crippen LogP contribution >= 0.6 is 0 Å². The first kappa shape index (κ1) is 14.4. The average Bonchev–Trinajstić information content (AvgIpc) is 2.66. The van der Waals surface area contributed by atoms with Crippen molar-refractivity contribution in [3.8, 4) is 0 Å². The van der Waals surface area contributed by atoms with Gasteiger partial charge in [0.05, 0.1) is 11.6 Å². The predicted octanol–water partition coefficient (Wildman–Crippen LogP) is 3.24. The molecule has 0 bridgehead atoms. The third kappa shape index (κ3) is 3.49. The van der Waals surface area contributed by atoms with Crippen molar-refractivity contribution in [1.29, 1.82) is 0 Å². The molecule has 0 aromatic carbocycles. The first-order chi connectivity index (χ1) is 8.88. The van der Waals surface area contributed by atoms with Gasteiger partial charge < -0.3 is 5.32 Å². The first-order valence-corrected chi connectivity index (χ1v) is 6.68. The number of nitrogens with one attached hydrogen (secondary N) is 2. The Morgan fingerprint density at radius 1 is 1.32 bits per heavy atom. The van der Waals surface area contributed by atoms with Gasteiger partial charge in [-0.3, -0.25) is 5.10 Å². The van der Waals surface area contributed by atoms with E-state index in [0.717, 1.165) is 23.4 Å². The Bertz CT molecular complexity index is 406. The summed E-state index contributed by atoms with van der Waals surface area (Å²) in [5, 5.41) is 10.2. The third-order valence-electron chi connectivity index (χ3n) is 3.99. The maximum absolute atomic E-state index is 12.7. The molecule has 0 spiro atoms. The van der Waals surface area contributed by atoms with E-state index in [1.54, 1.807) is 0 Å². The molecule has 2 atom stereocenters. The van der Waals surface area contributed by atoms with Crippen LogP contribution in [-0.2, 0) is 6.54 Å². The van der Waals surface area contributed by atoms with Gasteiger partial charge >= 0.3 is 6.18 Å². The van der Waals surface area contributed by atoms with Crippen LogP contribution in [-0.4, -0.2) is 22.4 Å². The second-order valence-electron chi connectivity index (χ2n) is 5.40. The molecule has 1 aliphatic carbocycles. The van der Waals surface area contributed by atoms with Crippen molar-refractivity contribution in [3.05, 3.63) is 17.0 Å². The SMILES string of the molecule is Cc1n[nH]c(C)c1CN[C@@H]1CCC[C@@H](C(F)(F)F)C1. The zero-order valence-electron chi connectivity index (χ0n) is 11.3. The lowest BCUT2D eigenvalue weighted by molar-refractivity contribution is -0.183. The predicted molar refractivity (Wildman–Crippen MR) is 66.7 cm³/mol. The van der Waals surface area contributed by atoms with Gasteiger partial charge in [0, 0.05) is 23.8 Å². The van der Waals surface area contributed by atoms with Gasteiger partial charge in [-0.25, -0.2) is 0 Å². The minimum Gasteiger partial charge on any atom is -0.310 e. The fourth-order valence-corrected chi connectivity index (χ4v) is 2.75. The van der Waals surface area contributed by atoms with E-state index in [1.807, 2.05) is 13.8 Å². The van der Waals surface area contributed by atoms with Gasteiger partial charge in [-0.15, -0.1) is 0 Å². The van der Waals surface area contributed by atoms with E-state index in [1.165, 1.54) is 0 Å². The molecule has 0 radical (unpaired) electrons. The summed E-state index contributed by atoms with van der Waals surface area (Å²) in [6.45, 7) is 4.42. The summed E-state index contributed by atoms with van der Waals surface area (Å²) in [6, 6.07) is -0.0472. The molecule has 1 aromatic rings. The van der Waals surface area contributed by atoms with Crippen LogP contribution in [0.3, 0.4) is 0 Å². The summed E-state index contributed by atoms with van der Waals surface area (Å²) in [4.78, 5) is 0. The van der Waals surface area contributed by atoms with Gasteiger partial charge in [0.15, 0.2) is 0 Å². The molecule has 1 aliphatic rings. The third-order valence-corrected chi connectivity index (χ3v) is 3.99. The maximum atomic E-state index is 12.7. The highest BCUT2D eigenvalue weighted by Crippen LogP contribution is 2.37. The van der Waals surface area contributed by atoms with Crippen LogP contribution in [0.15, 0.2) is 0 Å². The van der Waals surface area contributed by atoms with Gasteiger partial charge in [0.25, 0.3) is 0 Å². The molecule has 3 nitrogen and oxygen atoms in total. The lowest BCUT2D eigenvalue weighted by Crippen LogP contribution is -2.38. The molecular formula is C13H20F3N3. The summed E-state index contributed by atoms with van der Waals surface area (Å²) in [6.07, 6.45) is -2.12. The Morgan fingerprint density at radius 3 is 2.63 bits per heavy atom. The van der Waals surface area contributed by atoms with Crippen LogP contribution in [0.4, 0.5) is 13.2 Å². The van der Waals surface area contributed by atoms with Crippen molar-refractivity contribution < 1.29 is 13.2 Å². The van der Waals surface area contributed by atoms with Crippen LogP contribution in [0, 0.1) is 19.8 Å². The minimum atomic E-state index is -4.05. The second-order valence-corrected chi connectivity index (χ2v) is 5.40. The van der Waals surface area contributed by atoms with E-state index in [2.05, 4.69) is 15.5 Å². The van der Waals surface area contributed by atoms with Crippen molar-refractivity contribution >= 4 is 0 Å². The van der Waals surface area contributed by atoms with Crippen molar-refractivity contribution in [2.24, 2.45) is 5.92 Å². The van der Waals surface area contributed by atoms with Crippen LogP contribution in [0.1, 0.15) is 42.6 Å². The summed E-state index contributed by atoms with van der Waals surface area (Å²) < 4.78 is 38.1. The van der Waals surface area contributed by atoms with Crippen LogP contribution in [0.2, 0.25) is 0 Å². The Labute approximate surface area is 111 Å². The number of alkyl halides is 3. The average molecular weight is 275 g/mol. The molecule has 108 valence electrons. The van der Waals surface area contributed by atoms with Gasteiger partial charge in [-0.1, -0.05) is 6.42 Å². The summed E-state index contributed by atoms with van der Waals surface area (Å²) in [5.74, 6) is -1.15. The van der Waals surface area contributed by atoms with E-state index in [4.69, 9.17) is 0 Å². The number of hydrogen-bond acceptors (Lipinski definition) is 2. The summed E-state index contributed by atoms with van der Waals surface area (Å²) >= 11 is 0. The van der Waals surface area contributed by atoms with Gasteiger partial charge in [-0.2, -0.15) is 18.3 Å². The molecule has 19 heavy (non-hydrogen) atoms. The molecule has 6 heteroatoms. The number of hydrogen-bond donors (Lipinski definition) is 2. The van der Waals surface area contributed by atoms with E-state index in [0.29, 0.717) is 13.0 Å².